The maximum absolute atomic E-state index is 10.7. The predicted octanol–water partition coefficient (Wildman–Crippen LogP) is 3.78. The molecule has 0 aliphatic rings. The third-order valence-electron chi connectivity index (χ3n) is 2.52. The molecule has 0 amide bonds. The number of rotatable bonds is 4. The molecule has 0 heterocycles. The minimum Gasteiger partial charge on any atom is -0.461 e. The van der Waals surface area contributed by atoms with Crippen molar-refractivity contribution in [2.75, 3.05) is 6.61 Å². The summed E-state index contributed by atoms with van der Waals surface area (Å²) in [6.45, 7) is 8.10. The highest BCUT2D eigenvalue weighted by atomic mass is 16.5. The van der Waals surface area contributed by atoms with Crippen LogP contribution in [0.3, 0.4) is 0 Å². The van der Waals surface area contributed by atoms with E-state index < -0.39 is 0 Å². The van der Waals surface area contributed by atoms with Crippen LogP contribution in [0.1, 0.15) is 44.7 Å². The number of carbonyl (C=O) groups excluding carboxylic acids is 1. The number of ether oxygens (including phenoxy) is 1. The molecule has 17 heavy (non-hydrogen) atoms. The Balaban J connectivity index is 2.67. The SMILES string of the molecule is CC(=O)OCC(C)=Cc1ccc(C(C)C)cc1. The first-order chi connectivity index (χ1) is 7.99. The average molecular weight is 232 g/mol. The molecule has 0 unspecified atom stereocenters. The van der Waals surface area contributed by atoms with Crippen molar-refractivity contribution in [2.45, 2.75) is 33.6 Å². The van der Waals surface area contributed by atoms with Gasteiger partial charge >= 0.3 is 5.97 Å². The molecule has 0 saturated carbocycles. The molecule has 0 fully saturated rings. The number of benzene rings is 1. The third kappa shape index (κ3) is 4.85. The van der Waals surface area contributed by atoms with E-state index in [2.05, 4.69) is 38.1 Å². The second-order valence-electron chi connectivity index (χ2n) is 4.59. The highest BCUT2D eigenvalue weighted by Gasteiger charge is 1.99. The van der Waals surface area contributed by atoms with Gasteiger partial charge in [0.2, 0.25) is 0 Å². The zero-order valence-corrected chi connectivity index (χ0v) is 11.0. The summed E-state index contributed by atoms with van der Waals surface area (Å²) in [7, 11) is 0. The molecule has 2 heteroatoms. The monoisotopic (exact) mass is 232 g/mol. The third-order valence-corrected chi connectivity index (χ3v) is 2.52. The van der Waals surface area contributed by atoms with Gasteiger partial charge in [-0.15, -0.1) is 0 Å². The lowest BCUT2D eigenvalue weighted by Gasteiger charge is -2.06. The van der Waals surface area contributed by atoms with Gasteiger partial charge in [-0.1, -0.05) is 44.2 Å². The highest BCUT2D eigenvalue weighted by Crippen LogP contribution is 2.16. The molecule has 0 spiro atoms. The van der Waals surface area contributed by atoms with E-state index in [0.29, 0.717) is 12.5 Å². The summed E-state index contributed by atoms with van der Waals surface area (Å²) >= 11 is 0. The van der Waals surface area contributed by atoms with Gasteiger partial charge in [-0.25, -0.2) is 0 Å². The van der Waals surface area contributed by atoms with Crippen LogP contribution in [0.15, 0.2) is 29.8 Å². The molecule has 0 aliphatic carbocycles. The smallest absolute Gasteiger partial charge is 0.302 e. The molecule has 92 valence electrons. The molecule has 1 rings (SSSR count). The summed E-state index contributed by atoms with van der Waals surface area (Å²) in [5, 5.41) is 0. The van der Waals surface area contributed by atoms with E-state index >= 15 is 0 Å². The van der Waals surface area contributed by atoms with Crippen LogP contribution in [0.4, 0.5) is 0 Å². The Kier molecular flexibility index (Phi) is 4.95. The summed E-state index contributed by atoms with van der Waals surface area (Å²) in [4.78, 5) is 10.7. The Morgan fingerprint density at radius 1 is 1.24 bits per heavy atom. The van der Waals surface area contributed by atoms with Crippen molar-refractivity contribution in [3.8, 4) is 0 Å². The van der Waals surface area contributed by atoms with Crippen molar-refractivity contribution in [3.05, 3.63) is 41.0 Å². The minimum absolute atomic E-state index is 0.243. The predicted molar refractivity (Wildman–Crippen MR) is 70.8 cm³/mol. The van der Waals surface area contributed by atoms with Gasteiger partial charge in [-0.05, 0) is 29.5 Å². The van der Waals surface area contributed by atoms with Crippen LogP contribution < -0.4 is 0 Å². The van der Waals surface area contributed by atoms with Crippen LogP contribution >= 0.6 is 0 Å². The fourth-order valence-corrected chi connectivity index (χ4v) is 1.52. The maximum Gasteiger partial charge on any atom is 0.302 e. The first-order valence-corrected chi connectivity index (χ1v) is 5.89. The van der Waals surface area contributed by atoms with Crippen LogP contribution in [0, 0.1) is 0 Å². The maximum atomic E-state index is 10.7. The molecule has 2 nitrogen and oxygen atoms in total. The molecular weight excluding hydrogens is 212 g/mol. The molecule has 0 atom stereocenters. The van der Waals surface area contributed by atoms with Crippen LogP contribution in [0.2, 0.25) is 0 Å². The van der Waals surface area contributed by atoms with Crippen LogP contribution in [-0.2, 0) is 9.53 Å². The van der Waals surface area contributed by atoms with Crippen LogP contribution in [-0.4, -0.2) is 12.6 Å². The Labute approximate surface area is 103 Å². The number of carbonyl (C=O) groups is 1. The molecule has 1 aromatic rings. The highest BCUT2D eigenvalue weighted by molar-refractivity contribution is 5.66. The normalized spacial score (nSPS) is 11.7. The molecule has 1 aromatic carbocycles. The Morgan fingerprint density at radius 2 is 1.82 bits per heavy atom. The van der Waals surface area contributed by atoms with E-state index in [-0.39, 0.29) is 5.97 Å². The first kappa shape index (κ1) is 13.5. The van der Waals surface area contributed by atoms with Crippen molar-refractivity contribution in [2.24, 2.45) is 0 Å². The molecule has 0 saturated heterocycles. The van der Waals surface area contributed by atoms with Gasteiger partial charge in [-0.2, -0.15) is 0 Å². The lowest BCUT2D eigenvalue weighted by molar-refractivity contribution is -0.139. The molecule has 0 aliphatic heterocycles. The number of hydrogen-bond acceptors (Lipinski definition) is 2. The summed E-state index contributed by atoms with van der Waals surface area (Å²) < 4.78 is 4.93. The van der Waals surface area contributed by atoms with E-state index in [0.717, 1.165) is 11.1 Å². The average Bonchev–Trinajstić information content (AvgIpc) is 2.27. The minimum atomic E-state index is -0.243. The van der Waals surface area contributed by atoms with Gasteiger partial charge in [0.1, 0.15) is 6.61 Å². The van der Waals surface area contributed by atoms with Crippen LogP contribution in [0.25, 0.3) is 6.08 Å². The second-order valence-corrected chi connectivity index (χ2v) is 4.59. The number of hydrogen-bond donors (Lipinski definition) is 0. The summed E-state index contributed by atoms with van der Waals surface area (Å²) in [6.07, 6.45) is 2.03. The van der Waals surface area contributed by atoms with Crippen molar-refractivity contribution >= 4 is 12.0 Å². The largest absolute Gasteiger partial charge is 0.461 e. The van der Waals surface area contributed by atoms with Gasteiger partial charge in [0, 0.05) is 6.92 Å². The standard InChI is InChI=1S/C15H20O2/c1-11(2)15-7-5-14(6-8-15)9-12(3)10-17-13(4)16/h5-9,11H,10H2,1-4H3. The molecule has 0 N–H and O–H groups in total. The van der Waals surface area contributed by atoms with E-state index in [9.17, 15) is 4.79 Å². The van der Waals surface area contributed by atoms with Gasteiger partial charge in [0.15, 0.2) is 0 Å². The Bertz CT molecular complexity index is 399. The fraction of sp³-hybridized carbons (Fsp3) is 0.400. The summed E-state index contributed by atoms with van der Waals surface area (Å²) in [5.41, 5.74) is 3.51. The molecular formula is C15H20O2. The summed E-state index contributed by atoms with van der Waals surface area (Å²) in [5.74, 6) is 0.308. The second kappa shape index (κ2) is 6.24. The van der Waals surface area contributed by atoms with Crippen molar-refractivity contribution in [1.29, 1.82) is 0 Å². The quantitative estimate of drug-likeness (QED) is 0.738. The topological polar surface area (TPSA) is 26.3 Å². The first-order valence-electron chi connectivity index (χ1n) is 5.89. The zero-order valence-electron chi connectivity index (χ0n) is 11.0. The Hall–Kier alpha value is -1.57. The zero-order chi connectivity index (χ0) is 12.8. The van der Waals surface area contributed by atoms with E-state index in [1.807, 2.05) is 13.0 Å². The van der Waals surface area contributed by atoms with Crippen molar-refractivity contribution < 1.29 is 9.53 Å². The number of esters is 1. The molecule has 0 radical (unpaired) electrons. The lowest BCUT2D eigenvalue weighted by atomic mass is 10.0. The van der Waals surface area contributed by atoms with E-state index in [1.54, 1.807) is 0 Å². The van der Waals surface area contributed by atoms with Crippen molar-refractivity contribution in [1.82, 2.24) is 0 Å². The lowest BCUT2D eigenvalue weighted by Crippen LogP contribution is -2.01. The molecule has 0 aromatic heterocycles. The van der Waals surface area contributed by atoms with Gasteiger partial charge in [-0.3, -0.25) is 4.79 Å². The fourth-order valence-electron chi connectivity index (χ4n) is 1.52. The van der Waals surface area contributed by atoms with E-state index in [1.165, 1.54) is 12.5 Å². The van der Waals surface area contributed by atoms with E-state index in [4.69, 9.17) is 4.74 Å². The van der Waals surface area contributed by atoms with Crippen LogP contribution in [0.5, 0.6) is 0 Å². The van der Waals surface area contributed by atoms with Gasteiger partial charge in [0.25, 0.3) is 0 Å². The van der Waals surface area contributed by atoms with Gasteiger partial charge in [0.05, 0.1) is 0 Å². The van der Waals surface area contributed by atoms with Gasteiger partial charge < -0.3 is 4.74 Å². The Morgan fingerprint density at radius 3 is 2.29 bits per heavy atom. The molecule has 0 bridgehead atoms. The summed E-state index contributed by atoms with van der Waals surface area (Å²) in [6, 6.07) is 8.45. The van der Waals surface area contributed by atoms with Crippen molar-refractivity contribution in [3.63, 3.8) is 0 Å².